The molecule has 2 heterocycles. The molecule has 8 heteroatoms. The van der Waals surface area contributed by atoms with Crippen molar-refractivity contribution in [2.24, 2.45) is 0 Å². The van der Waals surface area contributed by atoms with Crippen molar-refractivity contribution >= 4 is 27.3 Å². The van der Waals surface area contributed by atoms with Gasteiger partial charge in [-0.05, 0) is 42.5 Å². The third-order valence-electron chi connectivity index (χ3n) is 6.77. The molecule has 0 N–H and O–H groups in total. The zero-order valence-corrected chi connectivity index (χ0v) is 20.5. The topological polar surface area (TPSA) is 64.2 Å². The van der Waals surface area contributed by atoms with E-state index in [1.807, 2.05) is 53.4 Å². The van der Waals surface area contributed by atoms with E-state index in [0.29, 0.717) is 44.8 Å². The third-order valence-corrected chi connectivity index (χ3v) is 8.66. The van der Waals surface area contributed by atoms with Gasteiger partial charge in [-0.2, -0.15) is 4.31 Å². The van der Waals surface area contributed by atoms with Gasteiger partial charge in [-0.3, -0.25) is 4.79 Å². The summed E-state index contributed by atoms with van der Waals surface area (Å²) in [6.45, 7) is 4.80. The maximum atomic E-state index is 13.4. The van der Waals surface area contributed by atoms with E-state index in [1.165, 1.54) is 10.4 Å². The van der Waals surface area contributed by atoms with Crippen LogP contribution < -0.4 is 9.80 Å². The summed E-state index contributed by atoms with van der Waals surface area (Å²) in [6.07, 6.45) is 0. The van der Waals surface area contributed by atoms with E-state index in [2.05, 4.69) is 21.9 Å². The van der Waals surface area contributed by atoms with Crippen LogP contribution in [0.15, 0.2) is 89.8 Å². The molecule has 0 saturated carbocycles. The number of rotatable bonds is 5. The first kappa shape index (κ1) is 23.4. The molecule has 5 rings (SSSR count). The minimum Gasteiger partial charge on any atom is -0.369 e. The van der Waals surface area contributed by atoms with Gasteiger partial charge in [0.2, 0.25) is 10.0 Å². The zero-order valence-electron chi connectivity index (χ0n) is 19.7. The first-order valence-electron chi connectivity index (χ1n) is 12.0. The summed E-state index contributed by atoms with van der Waals surface area (Å²) >= 11 is 0. The smallest absolute Gasteiger partial charge is 0.254 e. The van der Waals surface area contributed by atoms with Crippen LogP contribution in [-0.4, -0.2) is 75.9 Å². The molecule has 182 valence electrons. The van der Waals surface area contributed by atoms with Gasteiger partial charge in [0, 0.05) is 69.3 Å². The molecule has 0 aliphatic carbocycles. The Bertz CT molecular complexity index is 1250. The fourth-order valence-electron chi connectivity index (χ4n) is 4.75. The molecule has 0 radical (unpaired) electrons. The predicted octanol–water partition coefficient (Wildman–Crippen LogP) is 3.16. The second-order valence-electron chi connectivity index (χ2n) is 8.87. The number of sulfonamides is 1. The van der Waals surface area contributed by atoms with E-state index in [1.54, 1.807) is 18.2 Å². The van der Waals surface area contributed by atoms with Crippen molar-refractivity contribution < 1.29 is 13.2 Å². The molecule has 7 nitrogen and oxygen atoms in total. The van der Waals surface area contributed by atoms with Crippen molar-refractivity contribution in [2.45, 2.75) is 4.90 Å². The van der Waals surface area contributed by atoms with E-state index in [-0.39, 0.29) is 10.8 Å². The number of benzene rings is 3. The van der Waals surface area contributed by atoms with Crippen LogP contribution in [0.5, 0.6) is 0 Å². The second-order valence-corrected chi connectivity index (χ2v) is 10.8. The number of hydrogen-bond donors (Lipinski definition) is 0. The Balaban J connectivity index is 1.23. The monoisotopic (exact) mass is 490 g/mol. The number of carbonyl (C=O) groups excluding carboxylic acids is 1. The lowest BCUT2D eigenvalue weighted by Gasteiger charge is -2.36. The number of amides is 1. The molecule has 35 heavy (non-hydrogen) atoms. The highest BCUT2D eigenvalue weighted by atomic mass is 32.2. The molecule has 2 saturated heterocycles. The summed E-state index contributed by atoms with van der Waals surface area (Å²) in [5.41, 5.74) is 2.67. The lowest BCUT2D eigenvalue weighted by atomic mass is 10.1. The van der Waals surface area contributed by atoms with Gasteiger partial charge < -0.3 is 14.7 Å². The van der Waals surface area contributed by atoms with E-state index < -0.39 is 10.0 Å². The molecule has 3 aromatic carbocycles. The molecule has 1 amide bonds. The number of para-hydroxylation sites is 2. The molecule has 2 fully saturated rings. The molecule has 0 spiro atoms. The van der Waals surface area contributed by atoms with Gasteiger partial charge in [-0.1, -0.05) is 42.5 Å². The number of carbonyl (C=O) groups is 1. The average Bonchev–Trinajstić information content (AvgIpc) is 2.94. The quantitative estimate of drug-likeness (QED) is 0.550. The lowest BCUT2D eigenvalue weighted by molar-refractivity contribution is 0.0746. The van der Waals surface area contributed by atoms with E-state index in [4.69, 9.17) is 0 Å². The normalized spacial score (nSPS) is 17.4. The lowest BCUT2D eigenvalue weighted by Crippen LogP contribution is -2.49. The summed E-state index contributed by atoms with van der Waals surface area (Å²) in [5, 5.41) is 0. The molecule has 2 aliphatic heterocycles. The van der Waals surface area contributed by atoms with E-state index in [0.717, 1.165) is 24.5 Å². The Morgan fingerprint density at radius 1 is 0.600 bits per heavy atom. The standard InChI is InChI=1S/C27H30N4O3S/c32-27(30-16-14-28(15-17-30)24-9-3-1-4-10-24)23-8-7-13-26(22-23)35(33,34)31-20-18-29(19-21-31)25-11-5-2-6-12-25/h1-13,22H,14-21H2. The fraction of sp³-hybridized carbons (Fsp3) is 0.296. The van der Waals surface area contributed by atoms with E-state index >= 15 is 0 Å². The zero-order chi connectivity index (χ0) is 24.3. The highest BCUT2D eigenvalue weighted by Crippen LogP contribution is 2.23. The molecule has 0 atom stereocenters. The Kier molecular flexibility index (Phi) is 6.74. The first-order chi connectivity index (χ1) is 17.0. The van der Waals surface area contributed by atoms with Crippen LogP contribution >= 0.6 is 0 Å². The van der Waals surface area contributed by atoms with Gasteiger partial charge in [0.1, 0.15) is 0 Å². The van der Waals surface area contributed by atoms with Crippen molar-refractivity contribution in [3.8, 4) is 0 Å². The summed E-state index contributed by atoms with van der Waals surface area (Å²) in [4.78, 5) is 19.6. The summed E-state index contributed by atoms with van der Waals surface area (Å²) in [7, 11) is -3.67. The molecule has 3 aromatic rings. The Labute approximate surface area is 207 Å². The van der Waals surface area contributed by atoms with Crippen molar-refractivity contribution in [1.82, 2.24) is 9.21 Å². The number of nitrogens with zero attached hydrogens (tertiary/aromatic N) is 4. The largest absolute Gasteiger partial charge is 0.369 e. The summed E-state index contributed by atoms with van der Waals surface area (Å²) in [6, 6.07) is 26.7. The Hall–Kier alpha value is -3.36. The van der Waals surface area contributed by atoms with Crippen LogP contribution in [0, 0.1) is 0 Å². The van der Waals surface area contributed by atoms with Crippen LogP contribution in [0.1, 0.15) is 10.4 Å². The minimum atomic E-state index is -3.67. The van der Waals surface area contributed by atoms with Crippen LogP contribution in [0.3, 0.4) is 0 Å². The van der Waals surface area contributed by atoms with Gasteiger partial charge >= 0.3 is 0 Å². The minimum absolute atomic E-state index is 0.122. The van der Waals surface area contributed by atoms with Gasteiger partial charge in [0.05, 0.1) is 4.90 Å². The summed E-state index contributed by atoms with van der Waals surface area (Å²) in [5.74, 6) is -0.122. The van der Waals surface area contributed by atoms with Crippen molar-refractivity contribution in [2.75, 3.05) is 62.2 Å². The van der Waals surface area contributed by atoms with Crippen molar-refractivity contribution in [3.63, 3.8) is 0 Å². The van der Waals surface area contributed by atoms with Crippen molar-refractivity contribution in [1.29, 1.82) is 0 Å². The molecule has 2 aliphatic rings. The molecular formula is C27H30N4O3S. The van der Waals surface area contributed by atoms with Gasteiger partial charge in [-0.25, -0.2) is 8.42 Å². The highest BCUT2D eigenvalue weighted by Gasteiger charge is 2.30. The van der Waals surface area contributed by atoms with Crippen LogP contribution in [0.2, 0.25) is 0 Å². The second kappa shape index (κ2) is 10.1. The van der Waals surface area contributed by atoms with Crippen LogP contribution in [-0.2, 0) is 10.0 Å². The number of piperazine rings is 2. The Morgan fingerprint density at radius 2 is 1.11 bits per heavy atom. The highest BCUT2D eigenvalue weighted by molar-refractivity contribution is 7.89. The maximum Gasteiger partial charge on any atom is 0.254 e. The maximum absolute atomic E-state index is 13.4. The average molecular weight is 491 g/mol. The first-order valence-corrected chi connectivity index (χ1v) is 13.5. The molecular weight excluding hydrogens is 460 g/mol. The SMILES string of the molecule is O=C(c1cccc(S(=O)(=O)N2CCN(c3ccccc3)CC2)c1)N1CCN(c2ccccc2)CC1. The van der Waals surface area contributed by atoms with Gasteiger partial charge in [-0.15, -0.1) is 0 Å². The third kappa shape index (κ3) is 5.04. The molecule has 0 bridgehead atoms. The fourth-order valence-corrected chi connectivity index (χ4v) is 6.22. The van der Waals surface area contributed by atoms with Crippen LogP contribution in [0.25, 0.3) is 0 Å². The Morgan fingerprint density at radius 3 is 1.66 bits per heavy atom. The van der Waals surface area contributed by atoms with Crippen LogP contribution in [0.4, 0.5) is 11.4 Å². The van der Waals surface area contributed by atoms with E-state index in [9.17, 15) is 13.2 Å². The number of hydrogen-bond acceptors (Lipinski definition) is 5. The molecule has 0 aromatic heterocycles. The van der Waals surface area contributed by atoms with Gasteiger partial charge in [0.25, 0.3) is 5.91 Å². The van der Waals surface area contributed by atoms with Crippen molar-refractivity contribution in [3.05, 3.63) is 90.5 Å². The predicted molar refractivity (Wildman–Crippen MR) is 138 cm³/mol. The molecule has 0 unspecified atom stereocenters. The van der Waals surface area contributed by atoms with Gasteiger partial charge in [0.15, 0.2) is 0 Å². The summed E-state index contributed by atoms with van der Waals surface area (Å²) < 4.78 is 28.2. The number of anilines is 2.